The van der Waals surface area contributed by atoms with E-state index in [0.29, 0.717) is 0 Å². The number of methoxy groups -OCH3 is 1. The van der Waals surface area contributed by atoms with Crippen molar-refractivity contribution in [1.29, 1.82) is 0 Å². The number of ether oxygens (including phenoxy) is 1. The van der Waals surface area contributed by atoms with Crippen molar-refractivity contribution in [3.63, 3.8) is 0 Å². The van der Waals surface area contributed by atoms with Gasteiger partial charge in [0.15, 0.2) is 0 Å². The first-order valence-corrected chi connectivity index (χ1v) is 4.17. The molecule has 0 aliphatic heterocycles. The number of aliphatic hydroxyl groups is 1. The average molecular weight is 181 g/mol. The van der Waals surface area contributed by atoms with E-state index < -0.39 is 5.60 Å². The number of hydrogen-bond donors (Lipinski definition) is 2. The molecule has 72 valence electrons. The van der Waals surface area contributed by atoms with Crippen molar-refractivity contribution in [3.05, 3.63) is 29.8 Å². The first-order chi connectivity index (χ1) is 6.10. The number of hydrogen-bond acceptors (Lipinski definition) is 3. The molecule has 1 rings (SSSR count). The molecule has 0 aliphatic carbocycles. The lowest BCUT2D eigenvalue weighted by Crippen LogP contribution is -2.31. The zero-order chi connectivity index (χ0) is 9.90. The molecule has 1 unspecified atom stereocenters. The second kappa shape index (κ2) is 3.77. The molecule has 0 aliphatic rings. The Morgan fingerprint density at radius 3 is 2.31 bits per heavy atom. The fourth-order valence-electron chi connectivity index (χ4n) is 1.07. The molecule has 0 aromatic heterocycles. The lowest BCUT2D eigenvalue weighted by molar-refractivity contribution is 0.0668. The highest BCUT2D eigenvalue weighted by molar-refractivity contribution is 5.30. The molecule has 0 saturated heterocycles. The van der Waals surface area contributed by atoms with Crippen molar-refractivity contribution in [1.82, 2.24) is 0 Å². The van der Waals surface area contributed by atoms with Gasteiger partial charge in [0.25, 0.3) is 0 Å². The van der Waals surface area contributed by atoms with Crippen LogP contribution in [0, 0.1) is 0 Å². The predicted molar refractivity (Wildman–Crippen MR) is 51.6 cm³/mol. The van der Waals surface area contributed by atoms with Crippen LogP contribution in [-0.4, -0.2) is 18.8 Å². The van der Waals surface area contributed by atoms with Gasteiger partial charge < -0.3 is 15.6 Å². The predicted octanol–water partition coefficient (Wildman–Crippen LogP) is 0.861. The molecule has 3 nitrogen and oxygen atoms in total. The van der Waals surface area contributed by atoms with Crippen LogP contribution in [0.4, 0.5) is 0 Å². The Morgan fingerprint density at radius 1 is 1.38 bits per heavy atom. The smallest absolute Gasteiger partial charge is 0.118 e. The first-order valence-electron chi connectivity index (χ1n) is 4.17. The number of rotatable bonds is 3. The minimum atomic E-state index is -0.952. The summed E-state index contributed by atoms with van der Waals surface area (Å²) >= 11 is 0. The van der Waals surface area contributed by atoms with E-state index in [1.165, 1.54) is 0 Å². The Bertz CT molecular complexity index is 267. The summed E-state index contributed by atoms with van der Waals surface area (Å²) in [5, 5.41) is 9.79. The van der Waals surface area contributed by atoms with Crippen molar-refractivity contribution >= 4 is 0 Å². The molecule has 0 fully saturated rings. The normalized spacial score (nSPS) is 15.1. The van der Waals surface area contributed by atoms with Gasteiger partial charge in [0.2, 0.25) is 0 Å². The van der Waals surface area contributed by atoms with Crippen LogP contribution in [0.15, 0.2) is 24.3 Å². The summed E-state index contributed by atoms with van der Waals surface area (Å²) in [4.78, 5) is 0. The summed E-state index contributed by atoms with van der Waals surface area (Å²) < 4.78 is 5.00. The van der Waals surface area contributed by atoms with Gasteiger partial charge in [0.1, 0.15) is 5.75 Å². The summed E-state index contributed by atoms with van der Waals surface area (Å²) in [6, 6.07) is 7.23. The Hall–Kier alpha value is -1.06. The minimum Gasteiger partial charge on any atom is -0.497 e. The molecule has 0 amide bonds. The van der Waals surface area contributed by atoms with Gasteiger partial charge in [0.05, 0.1) is 12.7 Å². The van der Waals surface area contributed by atoms with Crippen LogP contribution in [0.2, 0.25) is 0 Å². The van der Waals surface area contributed by atoms with Gasteiger partial charge in [-0.3, -0.25) is 0 Å². The molecular weight excluding hydrogens is 166 g/mol. The third kappa shape index (κ3) is 2.20. The van der Waals surface area contributed by atoms with E-state index in [1.807, 2.05) is 12.1 Å². The van der Waals surface area contributed by atoms with E-state index in [-0.39, 0.29) is 6.54 Å². The Morgan fingerprint density at radius 2 is 1.92 bits per heavy atom. The highest BCUT2D eigenvalue weighted by Gasteiger charge is 2.20. The van der Waals surface area contributed by atoms with Crippen LogP contribution in [-0.2, 0) is 5.60 Å². The van der Waals surface area contributed by atoms with E-state index in [0.717, 1.165) is 11.3 Å². The molecule has 1 aromatic rings. The van der Waals surface area contributed by atoms with Crippen molar-refractivity contribution < 1.29 is 9.84 Å². The molecule has 3 heteroatoms. The zero-order valence-electron chi connectivity index (χ0n) is 7.95. The second-order valence-corrected chi connectivity index (χ2v) is 3.21. The Kier molecular flexibility index (Phi) is 2.90. The molecule has 13 heavy (non-hydrogen) atoms. The van der Waals surface area contributed by atoms with Crippen LogP contribution in [0.1, 0.15) is 12.5 Å². The van der Waals surface area contributed by atoms with Gasteiger partial charge in [-0.15, -0.1) is 0 Å². The summed E-state index contributed by atoms with van der Waals surface area (Å²) in [6.45, 7) is 1.90. The number of nitrogens with two attached hydrogens (primary N) is 1. The van der Waals surface area contributed by atoms with E-state index in [2.05, 4.69) is 0 Å². The van der Waals surface area contributed by atoms with Crippen molar-refractivity contribution in [2.45, 2.75) is 12.5 Å². The summed E-state index contributed by atoms with van der Waals surface area (Å²) in [5.74, 6) is 0.775. The number of benzene rings is 1. The minimum absolute atomic E-state index is 0.208. The maximum absolute atomic E-state index is 9.79. The van der Waals surface area contributed by atoms with E-state index in [4.69, 9.17) is 10.5 Å². The fourth-order valence-corrected chi connectivity index (χ4v) is 1.07. The lowest BCUT2D eigenvalue weighted by atomic mass is 9.96. The molecule has 1 aromatic carbocycles. The summed E-state index contributed by atoms with van der Waals surface area (Å²) in [7, 11) is 1.61. The molecule has 0 heterocycles. The largest absolute Gasteiger partial charge is 0.497 e. The summed E-state index contributed by atoms with van der Waals surface area (Å²) in [5.41, 5.74) is 5.28. The van der Waals surface area contributed by atoms with Crippen LogP contribution < -0.4 is 10.5 Å². The Labute approximate surface area is 78.1 Å². The van der Waals surface area contributed by atoms with Gasteiger partial charge in [-0.25, -0.2) is 0 Å². The third-order valence-corrected chi connectivity index (χ3v) is 2.11. The van der Waals surface area contributed by atoms with Gasteiger partial charge in [0, 0.05) is 6.54 Å². The fraction of sp³-hybridized carbons (Fsp3) is 0.400. The molecule has 1 atom stereocenters. The van der Waals surface area contributed by atoms with Gasteiger partial charge in [-0.05, 0) is 24.6 Å². The van der Waals surface area contributed by atoms with Crippen LogP contribution in [0.5, 0.6) is 5.75 Å². The van der Waals surface area contributed by atoms with Crippen LogP contribution in [0.3, 0.4) is 0 Å². The molecule has 3 N–H and O–H groups in total. The lowest BCUT2D eigenvalue weighted by Gasteiger charge is -2.21. The highest BCUT2D eigenvalue weighted by Crippen LogP contribution is 2.21. The van der Waals surface area contributed by atoms with Crippen molar-refractivity contribution in [2.24, 2.45) is 5.73 Å². The second-order valence-electron chi connectivity index (χ2n) is 3.21. The van der Waals surface area contributed by atoms with Gasteiger partial charge in [-0.1, -0.05) is 12.1 Å². The van der Waals surface area contributed by atoms with E-state index >= 15 is 0 Å². The van der Waals surface area contributed by atoms with Crippen molar-refractivity contribution in [2.75, 3.05) is 13.7 Å². The van der Waals surface area contributed by atoms with E-state index in [9.17, 15) is 5.11 Å². The molecule has 0 radical (unpaired) electrons. The van der Waals surface area contributed by atoms with Gasteiger partial charge in [-0.2, -0.15) is 0 Å². The van der Waals surface area contributed by atoms with Gasteiger partial charge >= 0.3 is 0 Å². The molecule has 0 bridgehead atoms. The summed E-state index contributed by atoms with van der Waals surface area (Å²) in [6.07, 6.45) is 0. The third-order valence-electron chi connectivity index (χ3n) is 2.11. The zero-order valence-corrected chi connectivity index (χ0v) is 7.95. The average Bonchev–Trinajstić information content (AvgIpc) is 2.18. The first kappa shape index (κ1) is 10.0. The standard InChI is InChI=1S/C10H15NO2/c1-10(12,7-11)8-3-5-9(13-2)6-4-8/h3-6,12H,7,11H2,1-2H3. The maximum Gasteiger partial charge on any atom is 0.118 e. The topological polar surface area (TPSA) is 55.5 Å². The quantitative estimate of drug-likeness (QED) is 0.727. The van der Waals surface area contributed by atoms with Crippen LogP contribution >= 0.6 is 0 Å². The monoisotopic (exact) mass is 181 g/mol. The van der Waals surface area contributed by atoms with Crippen molar-refractivity contribution in [3.8, 4) is 5.75 Å². The SMILES string of the molecule is COc1ccc(C(C)(O)CN)cc1. The van der Waals surface area contributed by atoms with E-state index in [1.54, 1.807) is 26.2 Å². The van der Waals surface area contributed by atoms with Crippen LogP contribution in [0.25, 0.3) is 0 Å². The maximum atomic E-state index is 9.79. The molecule has 0 spiro atoms. The highest BCUT2D eigenvalue weighted by atomic mass is 16.5. The molecule has 0 saturated carbocycles. The molecular formula is C10H15NO2. The Balaban J connectivity index is 2.92.